The van der Waals surface area contributed by atoms with Gasteiger partial charge >= 0.3 is 6.18 Å². The maximum Gasteiger partial charge on any atom is 0.406 e. The van der Waals surface area contributed by atoms with Gasteiger partial charge in [-0.2, -0.15) is 13.2 Å². The zero-order valence-corrected chi connectivity index (χ0v) is 13.9. The van der Waals surface area contributed by atoms with Crippen molar-refractivity contribution in [1.82, 2.24) is 9.80 Å². The summed E-state index contributed by atoms with van der Waals surface area (Å²) in [6, 6.07) is -0.652. The van der Waals surface area contributed by atoms with E-state index >= 15 is 0 Å². The van der Waals surface area contributed by atoms with E-state index in [4.69, 9.17) is 5.73 Å². The van der Waals surface area contributed by atoms with Gasteiger partial charge in [0.05, 0.1) is 12.0 Å². The lowest BCUT2D eigenvalue weighted by atomic mass is 9.94. The molecule has 2 N–H and O–H groups in total. The van der Waals surface area contributed by atoms with Crippen LogP contribution in [0.2, 0.25) is 0 Å². The Morgan fingerprint density at radius 2 is 1.96 bits per heavy atom. The maximum atomic E-state index is 12.5. The molecule has 134 valence electrons. The number of hydrogen-bond acceptors (Lipinski definition) is 3. The van der Waals surface area contributed by atoms with Crippen molar-refractivity contribution >= 4 is 11.8 Å². The van der Waals surface area contributed by atoms with Crippen molar-refractivity contribution in [2.45, 2.75) is 45.8 Å². The van der Waals surface area contributed by atoms with Gasteiger partial charge in [0.1, 0.15) is 6.54 Å². The van der Waals surface area contributed by atoms with Crippen LogP contribution in [0.1, 0.15) is 33.6 Å². The third-order valence-electron chi connectivity index (χ3n) is 4.15. The molecule has 1 rings (SSSR count). The Bertz CT molecular complexity index is 427. The Morgan fingerprint density at radius 1 is 1.35 bits per heavy atom. The largest absolute Gasteiger partial charge is 0.406 e. The van der Waals surface area contributed by atoms with Gasteiger partial charge in [-0.3, -0.25) is 9.59 Å². The van der Waals surface area contributed by atoms with Gasteiger partial charge in [-0.25, -0.2) is 0 Å². The minimum Gasteiger partial charge on any atom is -0.341 e. The molecule has 8 heteroatoms. The van der Waals surface area contributed by atoms with Crippen molar-refractivity contribution < 1.29 is 22.8 Å². The zero-order valence-electron chi connectivity index (χ0n) is 13.9. The standard InChI is InChI=1S/C15H26F3N3O2/c1-4-20(9-15(16,17)18)13(22)11-6-5-7-21(8-11)14(23)12(19)10(2)3/h10-12H,4-9,19H2,1-3H3/t11?,12-/m0/s1. The number of nitrogens with two attached hydrogens (primary N) is 1. The van der Waals surface area contributed by atoms with Crippen LogP contribution in [-0.2, 0) is 9.59 Å². The van der Waals surface area contributed by atoms with Crippen LogP contribution in [0.25, 0.3) is 0 Å². The number of hydrogen-bond donors (Lipinski definition) is 1. The van der Waals surface area contributed by atoms with Gasteiger partial charge in [0.25, 0.3) is 0 Å². The summed E-state index contributed by atoms with van der Waals surface area (Å²) in [6.07, 6.45) is -3.33. The second kappa shape index (κ2) is 7.99. The number of alkyl halides is 3. The van der Waals surface area contributed by atoms with Crippen molar-refractivity contribution in [2.75, 3.05) is 26.2 Å². The van der Waals surface area contributed by atoms with Crippen molar-refractivity contribution in [3.63, 3.8) is 0 Å². The Morgan fingerprint density at radius 3 is 2.43 bits per heavy atom. The molecule has 1 saturated heterocycles. The lowest BCUT2D eigenvalue weighted by molar-refractivity contribution is -0.165. The number of rotatable bonds is 5. The van der Waals surface area contributed by atoms with Crippen molar-refractivity contribution in [1.29, 1.82) is 0 Å². The first-order chi connectivity index (χ1) is 10.6. The molecule has 0 bridgehead atoms. The van der Waals surface area contributed by atoms with Crippen LogP contribution in [0.15, 0.2) is 0 Å². The number of carbonyl (C=O) groups is 2. The Hall–Kier alpha value is -1.31. The monoisotopic (exact) mass is 337 g/mol. The molecule has 0 aromatic carbocycles. The molecule has 2 amide bonds. The molecule has 1 aliphatic rings. The predicted molar refractivity (Wildman–Crippen MR) is 80.4 cm³/mol. The first kappa shape index (κ1) is 19.7. The van der Waals surface area contributed by atoms with E-state index in [1.54, 1.807) is 0 Å². The fourth-order valence-corrected chi connectivity index (χ4v) is 2.70. The molecule has 1 heterocycles. The minimum atomic E-state index is -4.42. The summed E-state index contributed by atoms with van der Waals surface area (Å²) >= 11 is 0. The SMILES string of the molecule is CCN(CC(F)(F)F)C(=O)C1CCCN(C(=O)[C@@H](N)C(C)C)C1. The molecular formula is C15H26F3N3O2. The Balaban J connectivity index is 2.73. The van der Waals surface area contributed by atoms with E-state index in [1.165, 1.54) is 11.8 Å². The highest BCUT2D eigenvalue weighted by Gasteiger charge is 2.37. The molecule has 1 aliphatic heterocycles. The summed E-state index contributed by atoms with van der Waals surface area (Å²) in [7, 11) is 0. The van der Waals surface area contributed by atoms with Gasteiger partial charge < -0.3 is 15.5 Å². The highest BCUT2D eigenvalue weighted by atomic mass is 19.4. The van der Waals surface area contributed by atoms with Gasteiger partial charge in [-0.1, -0.05) is 13.8 Å². The molecule has 0 radical (unpaired) electrons. The first-order valence-corrected chi connectivity index (χ1v) is 7.96. The normalized spacial score (nSPS) is 20.5. The smallest absolute Gasteiger partial charge is 0.341 e. The summed E-state index contributed by atoms with van der Waals surface area (Å²) in [5.74, 6) is -1.40. The van der Waals surface area contributed by atoms with Gasteiger partial charge in [0.15, 0.2) is 0 Å². The molecule has 23 heavy (non-hydrogen) atoms. The van der Waals surface area contributed by atoms with E-state index in [0.29, 0.717) is 19.4 Å². The van der Waals surface area contributed by atoms with Crippen LogP contribution < -0.4 is 5.73 Å². The fraction of sp³-hybridized carbons (Fsp3) is 0.867. The Kier molecular flexibility index (Phi) is 6.85. The molecule has 0 spiro atoms. The number of halogens is 3. The summed E-state index contributed by atoms with van der Waals surface area (Å²) in [5.41, 5.74) is 5.85. The lowest BCUT2D eigenvalue weighted by Gasteiger charge is -2.36. The van der Waals surface area contributed by atoms with E-state index in [2.05, 4.69) is 0 Å². The molecule has 0 aromatic rings. The summed E-state index contributed by atoms with van der Waals surface area (Å²) in [6.45, 7) is 4.56. The van der Waals surface area contributed by atoms with Crippen LogP contribution in [0.3, 0.4) is 0 Å². The Labute approximate surface area is 135 Å². The molecule has 1 fully saturated rings. The number of amides is 2. The lowest BCUT2D eigenvalue weighted by Crippen LogP contribution is -2.53. The summed E-state index contributed by atoms with van der Waals surface area (Å²) in [5, 5.41) is 0. The van der Waals surface area contributed by atoms with E-state index in [0.717, 1.165) is 4.90 Å². The maximum absolute atomic E-state index is 12.5. The van der Waals surface area contributed by atoms with E-state index in [1.807, 2.05) is 13.8 Å². The van der Waals surface area contributed by atoms with Crippen LogP contribution in [0, 0.1) is 11.8 Å². The van der Waals surface area contributed by atoms with E-state index in [-0.39, 0.29) is 24.9 Å². The third kappa shape index (κ3) is 5.67. The summed E-state index contributed by atoms with van der Waals surface area (Å²) in [4.78, 5) is 26.9. The van der Waals surface area contributed by atoms with Crippen molar-refractivity contribution in [2.24, 2.45) is 17.6 Å². The first-order valence-electron chi connectivity index (χ1n) is 7.96. The molecule has 0 aliphatic carbocycles. The van der Waals surface area contributed by atoms with Crippen molar-refractivity contribution in [3.05, 3.63) is 0 Å². The zero-order chi connectivity index (χ0) is 17.8. The topological polar surface area (TPSA) is 66.6 Å². The molecule has 5 nitrogen and oxygen atoms in total. The molecule has 2 atom stereocenters. The third-order valence-corrected chi connectivity index (χ3v) is 4.15. The van der Waals surface area contributed by atoms with E-state index in [9.17, 15) is 22.8 Å². The number of carbonyl (C=O) groups excluding carboxylic acids is 2. The summed E-state index contributed by atoms with van der Waals surface area (Å²) < 4.78 is 37.6. The predicted octanol–water partition coefficient (Wildman–Crippen LogP) is 1.62. The quantitative estimate of drug-likeness (QED) is 0.829. The van der Waals surface area contributed by atoms with Crippen LogP contribution >= 0.6 is 0 Å². The second-order valence-corrected chi connectivity index (χ2v) is 6.36. The minimum absolute atomic E-state index is 0.00566. The molecule has 0 aromatic heterocycles. The van der Waals surface area contributed by atoms with Crippen molar-refractivity contribution in [3.8, 4) is 0 Å². The van der Waals surface area contributed by atoms with Gasteiger partial charge in [-0.15, -0.1) is 0 Å². The van der Waals surface area contributed by atoms with Gasteiger partial charge in [0.2, 0.25) is 11.8 Å². The second-order valence-electron chi connectivity index (χ2n) is 6.36. The highest BCUT2D eigenvalue weighted by molar-refractivity contribution is 5.84. The van der Waals surface area contributed by atoms with Crippen LogP contribution in [0.4, 0.5) is 13.2 Å². The number of likely N-dealkylation sites (tertiary alicyclic amines) is 1. The highest BCUT2D eigenvalue weighted by Crippen LogP contribution is 2.23. The molecule has 0 saturated carbocycles. The number of piperidine rings is 1. The number of nitrogens with zero attached hydrogens (tertiary/aromatic N) is 2. The van der Waals surface area contributed by atoms with Crippen LogP contribution in [-0.4, -0.2) is 60.0 Å². The van der Waals surface area contributed by atoms with Gasteiger partial charge in [-0.05, 0) is 25.7 Å². The molecular weight excluding hydrogens is 311 g/mol. The average Bonchev–Trinajstić information content (AvgIpc) is 2.49. The van der Waals surface area contributed by atoms with Gasteiger partial charge in [0, 0.05) is 19.6 Å². The molecule has 1 unspecified atom stereocenters. The van der Waals surface area contributed by atoms with Crippen LogP contribution in [0.5, 0.6) is 0 Å². The van der Waals surface area contributed by atoms with E-state index < -0.39 is 30.6 Å². The fourth-order valence-electron chi connectivity index (χ4n) is 2.70. The average molecular weight is 337 g/mol.